The Hall–Kier alpha value is -2.21. The average Bonchev–Trinajstić information content (AvgIpc) is 3.32. The molecule has 4 unspecified atom stereocenters. The van der Waals surface area contributed by atoms with E-state index in [0.29, 0.717) is 47.9 Å². The zero-order valence-corrected chi connectivity index (χ0v) is 13.4. The number of hydrogen-bond acceptors (Lipinski definition) is 5. The van der Waals surface area contributed by atoms with E-state index in [9.17, 15) is 4.79 Å². The normalized spacial score (nSPS) is 32.1. The standard InChI is InChI=1S/C18H19NO5/c1-21-15-6-10(7-16-17(15)23-5-4-22-16)18(20)19-8-11-12(9-19)14-3-2-13(11)24-14/h2-3,6-7,11-14H,4-5,8-9H2,1H3. The SMILES string of the molecule is COc1cc(C(=O)N2CC3C4C=CC(O4)C3C2)cc2c1OCCO2. The molecule has 0 spiro atoms. The summed E-state index contributed by atoms with van der Waals surface area (Å²) < 4.78 is 22.5. The van der Waals surface area contributed by atoms with Gasteiger partial charge in [-0.05, 0) is 12.1 Å². The fourth-order valence-corrected chi connectivity index (χ4v) is 4.27. The molecule has 0 N–H and O–H groups in total. The number of rotatable bonds is 2. The summed E-state index contributed by atoms with van der Waals surface area (Å²) in [6.45, 7) is 2.45. The van der Waals surface area contributed by atoms with Gasteiger partial charge in [-0.3, -0.25) is 4.79 Å². The van der Waals surface area contributed by atoms with Crippen molar-refractivity contribution in [2.24, 2.45) is 11.8 Å². The molecular formula is C18H19NO5. The quantitative estimate of drug-likeness (QED) is 0.770. The maximum Gasteiger partial charge on any atom is 0.254 e. The Kier molecular flexibility index (Phi) is 3.03. The topological polar surface area (TPSA) is 57.2 Å². The Morgan fingerprint density at radius 3 is 2.54 bits per heavy atom. The third-order valence-corrected chi connectivity index (χ3v) is 5.42. The maximum absolute atomic E-state index is 13.0. The van der Waals surface area contributed by atoms with E-state index >= 15 is 0 Å². The van der Waals surface area contributed by atoms with Gasteiger partial charge in [0.05, 0.1) is 19.3 Å². The second kappa shape index (κ2) is 5.14. The van der Waals surface area contributed by atoms with Gasteiger partial charge in [0, 0.05) is 30.5 Å². The van der Waals surface area contributed by atoms with Crippen LogP contribution in [0.1, 0.15) is 10.4 Å². The molecule has 0 aliphatic carbocycles. The molecule has 6 nitrogen and oxygen atoms in total. The Labute approximate surface area is 139 Å². The minimum Gasteiger partial charge on any atom is -0.493 e. The van der Waals surface area contributed by atoms with Gasteiger partial charge in [0.15, 0.2) is 11.5 Å². The van der Waals surface area contributed by atoms with Crippen molar-refractivity contribution in [2.75, 3.05) is 33.4 Å². The molecule has 0 aromatic heterocycles. The van der Waals surface area contributed by atoms with Crippen LogP contribution < -0.4 is 14.2 Å². The predicted molar refractivity (Wildman–Crippen MR) is 84.7 cm³/mol. The number of carbonyl (C=O) groups is 1. The summed E-state index contributed by atoms with van der Waals surface area (Å²) in [5.41, 5.74) is 0.581. The van der Waals surface area contributed by atoms with E-state index in [2.05, 4.69) is 12.2 Å². The Morgan fingerprint density at radius 2 is 1.83 bits per heavy atom. The van der Waals surface area contributed by atoms with E-state index in [1.807, 2.05) is 4.90 Å². The predicted octanol–water partition coefficient (Wildman–Crippen LogP) is 1.49. The summed E-state index contributed by atoms with van der Waals surface area (Å²) in [4.78, 5) is 14.9. The van der Waals surface area contributed by atoms with Gasteiger partial charge in [-0.1, -0.05) is 12.2 Å². The Balaban J connectivity index is 1.42. The molecule has 4 atom stereocenters. The highest BCUT2D eigenvalue weighted by molar-refractivity contribution is 5.96. The van der Waals surface area contributed by atoms with Gasteiger partial charge in [-0.15, -0.1) is 0 Å². The van der Waals surface area contributed by atoms with Crippen molar-refractivity contribution in [2.45, 2.75) is 12.2 Å². The van der Waals surface area contributed by atoms with E-state index in [1.54, 1.807) is 19.2 Å². The van der Waals surface area contributed by atoms with Gasteiger partial charge in [-0.2, -0.15) is 0 Å². The van der Waals surface area contributed by atoms with Crippen molar-refractivity contribution in [3.05, 3.63) is 29.8 Å². The minimum atomic E-state index is 0.0130. The fraction of sp³-hybridized carbons (Fsp3) is 0.500. The number of carbonyl (C=O) groups excluding carboxylic acids is 1. The molecule has 6 heteroatoms. The first-order chi connectivity index (χ1) is 11.7. The lowest BCUT2D eigenvalue weighted by atomic mass is 9.86. The largest absolute Gasteiger partial charge is 0.493 e. The van der Waals surface area contributed by atoms with Crippen LogP contribution in [0.2, 0.25) is 0 Å². The van der Waals surface area contributed by atoms with Gasteiger partial charge in [0.2, 0.25) is 5.75 Å². The number of benzene rings is 1. The van der Waals surface area contributed by atoms with Crippen LogP contribution in [0, 0.1) is 11.8 Å². The van der Waals surface area contributed by atoms with Crippen LogP contribution in [0.5, 0.6) is 17.2 Å². The molecule has 2 saturated heterocycles. The molecule has 0 radical (unpaired) electrons. The van der Waals surface area contributed by atoms with Crippen LogP contribution in [0.15, 0.2) is 24.3 Å². The molecule has 1 aromatic carbocycles. The van der Waals surface area contributed by atoms with E-state index in [1.165, 1.54) is 0 Å². The zero-order valence-electron chi connectivity index (χ0n) is 13.4. The summed E-state index contributed by atoms with van der Waals surface area (Å²) in [5, 5.41) is 0. The molecule has 0 saturated carbocycles. The molecule has 2 fully saturated rings. The molecule has 2 bridgehead atoms. The summed E-state index contributed by atoms with van der Waals surface area (Å²) in [6.07, 6.45) is 4.61. The van der Waals surface area contributed by atoms with Crippen LogP contribution in [-0.4, -0.2) is 56.4 Å². The Bertz CT molecular complexity index is 693. The van der Waals surface area contributed by atoms with Gasteiger partial charge >= 0.3 is 0 Å². The first-order valence-electron chi connectivity index (χ1n) is 8.35. The molecule has 24 heavy (non-hydrogen) atoms. The van der Waals surface area contributed by atoms with Crippen molar-refractivity contribution < 1.29 is 23.7 Å². The smallest absolute Gasteiger partial charge is 0.254 e. The lowest BCUT2D eigenvalue weighted by Gasteiger charge is -2.23. The zero-order chi connectivity index (χ0) is 16.3. The second-order valence-corrected chi connectivity index (χ2v) is 6.69. The second-order valence-electron chi connectivity index (χ2n) is 6.69. The van der Waals surface area contributed by atoms with Crippen molar-refractivity contribution in [1.82, 2.24) is 4.90 Å². The Morgan fingerprint density at radius 1 is 1.12 bits per heavy atom. The van der Waals surface area contributed by atoms with E-state index in [0.717, 1.165) is 13.1 Å². The highest BCUT2D eigenvalue weighted by Gasteiger charge is 2.51. The number of likely N-dealkylation sites (tertiary alicyclic amines) is 1. The molecule has 4 aliphatic heterocycles. The van der Waals surface area contributed by atoms with Gasteiger partial charge in [0.25, 0.3) is 5.91 Å². The summed E-state index contributed by atoms with van der Waals surface area (Å²) in [7, 11) is 1.57. The summed E-state index contributed by atoms with van der Waals surface area (Å²) >= 11 is 0. The van der Waals surface area contributed by atoms with Gasteiger partial charge in [0.1, 0.15) is 13.2 Å². The van der Waals surface area contributed by atoms with Crippen molar-refractivity contribution in [3.8, 4) is 17.2 Å². The number of nitrogens with zero attached hydrogens (tertiary/aromatic N) is 1. The minimum absolute atomic E-state index is 0.0130. The van der Waals surface area contributed by atoms with Crippen molar-refractivity contribution in [1.29, 1.82) is 0 Å². The van der Waals surface area contributed by atoms with Gasteiger partial charge in [-0.25, -0.2) is 0 Å². The highest BCUT2D eigenvalue weighted by atomic mass is 16.6. The van der Waals surface area contributed by atoms with Crippen LogP contribution in [0.3, 0.4) is 0 Å². The van der Waals surface area contributed by atoms with Crippen LogP contribution in [-0.2, 0) is 4.74 Å². The van der Waals surface area contributed by atoms with E-state index in [-0.39, 0.29) is 18.1 Å². The monoisotopic (exact) mass is 329 g/mol. The van der Waals surface area contributed by atoms with Crippen molar-refractivity contribution in [3.63, 3.8) is 0 Å². The molecule has 4 aliphatic rings. The molecule has 5 rings (SSSR count). The number of amides is 1. The molecule has 1 amide bonds. The van der Waals surface area contributed by atoms with E-state index < -0.39 is 0 Å². The maximum atomic E-state index is 13.0. The molecular weight excluding hydrogens is 310 g/mol. The summed E-state index contributed by atoms with van der Waals surface area (Å²) in [6, 6.07) is 3.50. The van der Waals surface area contributed by atoms with Gasteiger partial charge < -0.3 is 23.8 Å². The summed E-state index contributed by atoms with van der Waals surface area (Å²) in [5.74, 6) is 2.55. The third-order valence-electron chi connectivity index (χ3n) is 5.42. The molecule has 1 aromatic rings. The number of hydrogen-bond donors (Lipinski definition) is 0. The first-order valence-corrected chi connectivity index (χ1v) is 8.35. The lowest BCUT2D eigenvalue weighted by molar-refractivity contribution is 0.0654. The fourth-order valence-electron chi connectivity index (χ4n) is 4.27. The molecule has 4 heterocycles. The van der Waals surface area contributed by atoms with Crippen LogP contribution in [0.4, 0.5) is 0 Å². The lowest BCUT2D eigenvalue weighted by Crippen LogP contribution is -2.31. The number of ether oxygens (including phenoxy) is 4. The van der Waals surface area contributed by atoms with E-state index in [4.69, 9.17) is 18.9 Å². The first kappa shape index (κ1) is 14.2. The third kappa shape index (κ3) is 1.95. The number of methoxy groups -OCH3 is 1. The van der Waals surface area contributed by atoms with Crippen molar-refractivity contribution >= 4 is 5.91 Å². The number of fused-ring (bicyclic) bond motifs is 6. The van der Waals surface area contributed by atoms with Crippen LogP contribution >= 0.6 is 0 Å². The average molecular weight is 329 g/mol. The molecule has 126 valence electrons. The highest BCUT2D eigenvalue weighted by Crippen LogP contribution is 2.45. The van der Waals surface area contributed by atoms with Crippen LogP contribution in [0.25, 0.3) is 0 Å².